The van der Waals surface area contributed by atoms with Crippen LogP contribution < -0.4 is 0 Å². The van der Waals surface area contributed by atoms with Crippen LogP contribution in [0.25, 0.3) is 0 Å². The van der Waals surface area contributed by atoms with Crippen LogP contribution in [-0.4, -0.2) is 85.7 Å². The molecule has 2 heterocycles. The zero-order valence-electron chi connectivity index (χ0n) is 11.0. The van der Waals surface area contributed by atoms with Gasteiger partial charge in [0.05, 0.1) is 37.2 Å². The second kappa shape index (κ2) is 5.96. The molecule has 8 nitrogen and oxygen atoms in total. The van der Waals surface area contributed by atoms with E-state index in [1.807, 2.05) is 0 Å². The second-order valence-corrected chi connectivity index (χ2v) is 7.17. The van der Waals surface area contributed by atoms with Crippen molar-refractivity contribution in [3.8, 4) is 0 Å². The highest BCUT2D eigenvalue weighted by Gasteiger charge is 2.37. The summed E-state index contributed by atoms with van der Waals surface area (Å²) in [5.74, 6) is -1.50. The van der Waals surface area contributed by atoms with Crippen molar-refractivity contribution in [2.45, 2.75) is 12.5 Å². The lowest BCUT2D eigenvalue weighted by atomic mass is 10.2. The maximum absolute atomic E-state index is 12.4. The number of nitrogens with zero attached hydrogens (tertiary/aromatic N) is 2. The van der Waals surface area contributed by atoms with E-state index in [-0.39, 0.29) is 30.5 Å². The summed E-state index contributed by atoms with van der Waals surface area (Å²) in [5, 5.41) is 8.88. The number of hydrogen-bond donors (Lipinski definition) is 1. The fourth-order valence-corrected chi connectivity index (χ4v) is 3.97. The van der Waals surface area contributed by atoms with Gasteiger partial charge in [-0.3, -0.25) is 4.79 Å². The van der Waals surface area contributed by atoms with E-state index in [4.69, 9.17) is 9.84 Å². The van der Waals surface area contributed by atoms with Crippen molar-refractivity contribution in [3.63, 3.8) is 0 Å². The number of hydrogen-bond acceptors (Lipinski definition) is 5. The molecule has 0 saturated carbocycles. The zero-order valence-corrected chi connectivity index (χ0v) is 11.8. The molecule has 2 amide bonds. The van der Waals surface area contributed by atoms with E-state index < -0.39 is 21.8 Å². The third kappa shape index (κ3) is 3.60. The number of amides is 2. The van der Waals surface area contributed by atoms with E-state index in [2.05, 4.69) is 0 Å². The van der Waals surface area contributed by atoms with Gasteiger partial charge in [0, 0.05) is 19.6 Å². The summed E-state index contributed by atoms with van der Waals surface area (Å²) in [4.78, 5) is 26.2. The van der Waals surface area contributed by atoms with E-state index in [0.717, 1.165) is 0 Å². The Labute approximate surface area is 117 Å². The van der Waals surface area contributed by atoms with E-state index in [1.54, 1.807) is 4.90 Å². The van der Waals surface area contributed by atoms with Crippen molar-refractivity contribution in [2.24, 2.45) is 0 Å². The van der Waals surface area contributed by atoms with E-state index in [0.29, 0.717) is 26.3 Å². The van der Waals surface area contributed by atoms with Gasteiger partial charge in [0.15, 0.2) is 9.84 Å². The monoisotopic (exact) mass is 306 g/mol. The normalized spacial score (nSPS) is 26.3. The second-order valence-electron chi connectivity index (χ2n) is 4.94. The quantitative estimate of drug-likeness (QED) is 0.702. The minimum Gasteiger partial charge on any atom is -0.481 e. The number of morpholine rings is 1. The Morgan fingerprint density at radius 2 is 1.85 bits per heavy atom. The summed E-state index contributed by atoms with van der Waals surface area (Å²) in [6.45, 7) is 1.84. The van der Waals surface area contributed by atoms with Gasteiger partial charge in [0.1, 0.15) is 0 Å². The molecule has 9 heteroatoms. The van der Waals surface area contributed by atoms with Crippen LogP contribution in [0.2, 0.25) is 0 Å². The summed E-state index contributed by atoms with van der Waals surface area (Å²) in [5.41, 5.74) is 0. The molecule has 2 saturated heterocycles. The number of aliphatic carboxylic acids is 1. The van der Waals surface area contributed by atoms with Crippen molar-refractivity contribution in [2.75, 3.05) is 44.4 Å². The van der Waals surface area contributed by atoms with Crippen LogP contribution in [0.15, 0.2) is 0 Å². The number of carbonyl (C=O) groups excluding carboxylic acids is 1. The van der Waals surface area contributed by atoms with Crippen molar-refractivity contribution in [3.05, 3.63) is 0 Å². The Balaban J connectivity index is 2.10. The molecule has 0 aromatic heterocycles. The molecular formula is C11H18N2O6S. The van der Waals surface area contributed by atoms with Crippen molar-refractivity contribution < 1.29 is 27.9 Å². The Kier molecular flexibility index (Phi) is 4.48. The molecule has 0 aromatic carbocycles. The van der Waals surface area contributed by atoms with Crippen LogP contribution in [0.1, 0.15) is 6.42 Å². The molecule has 0 bridgehead atoms. The molecule has 1 unspecified atom stereocenters. The van der Waals surface area contributed by atoms with Gasteiger partial charge in [-0.15, -0.1) is 0 Å². The first kappa shape index (κ1) is 15.0. The fourth-order valence-electron chi connectivity index (χ4n) is 2.45. The van der Waals surface area contributed by atoms with Crippen LogP contribution in [0.3, 0.4) is 0 Å². The first-order chi connectivity index (χ1) is 9.39. The molecule has 0 aliphatic carbocycles. The summed E-state index contributed by atoms with van der Waals surface area (Å²) >= 11 is 0. The van der Waals surface area contributed by atoms with Gasteiger partial charge in [-0.2, -0.15) is 0 Å². The van der Waals surface area contributed by atoms with Crippen LogP contribution in [-0.2, 0) is 19.4 Å². The molecule has 2 fully saturated rings. The van der Waals surface area contributed by atoms with Gasteiger partial charge < -0.3 is 19.6 Å². The Morgan fingerprint density at radius 3 is 2.45 bits per heavy atom. The zero-order chi connectivity index (χ0) is 14.8. The van der Waals surface area contributed by atoms with Crippen molar-refractivity contribution >= 4 is 21.8 Å². The lowest BCUT2D eigenvalue weighted by molar-refractivity contribution is -0.138. The van der Waals surface area contributed by atoms with Crippen molar-refractivity contribution in [1.82, 2.24) is 9.80 Å². The molecule has 1 atom stereocenters. The third-order valence-corrected chi connectivity index (χ3v) is 5.17. The molecule has 0 aromatic rings. The smallest absolute Gasteiger partial charge is 0.320 e. The number of rotatable bonds is 2. The summed E-state index contributed by atoms with van der Waals surface area (Å²) < 4.78 is 28.4. The minimum atomic E-state index is -3.28. The van der Waals surface area contributed by atoms with E-state index >= 15 is 0 Å². The molecule has 2 aliphatic heterocycles. The minimum absolute atomic E-state index is 0.0521. The molecule has 114 valence electrons. The first-order valence-electron chi connectivity index (χ1n) is 6.44. The van der Waals surface area contributed by atoms with Crippen LogP contribution in [0.4, 0.5) is 4.79 Å². The van der Waals surface area contributed by atoms with E-state index in [1.165, 1.54) is 4.90 Å². The Hall–Kier alpha value is -1.35. The maximum Gasteiger partial charge on any atom is 0.320 e. The molecule has 2 aliphatic rings. The van der Waals surface area contributed by atoms with Gasteiger partial charge in [-0.25, -0.2) is 13.2 Å². The number of carbonyl (C=O) groups is 2. The molecular weight excluding hydrogens is 288 g/mol. The Bertz CT molecular complexity index is 485. The number of sulfone groups is 1. The predicted octanol–water partition coefficient (Wildman–Crippen LogP) is -0.988. The lowest BCUT2D eigenvalue weighted by Gasteiger charge is -2.39. The number of urea groups is 1. The first-order valence-corrected chi connectivity index (χ1v) is 8.27. The lowest BCUT2D eigenvalue weighted by Crippen LogP contribution is -2.57. The molecule has 2 rings (SSSR count). The summed E-state index contributed by atoms with van der Waals surface area (Å²) in [7, 11) is -3.28. The molecule has 0 spiro atoms. The van der Waals surface area contributed by atoms with Gasteiger partial charge in [-0.05, 0) is 0 Å². The van der Waals surface area contributed by atoms with Crippen LogP contribution in [0.5, 0.6) is 0 Å². The molecule has 0 radical (unpaired) electrons. The average molecular weight is 306 g/mol. The molecule has 20 heavy (non-hydrogen) atoms. The third-order valence-electron chi connectivity index (χ3n) is 3.47. The maximum atomic E-state index is 12.4. The highest BCUT2D eigenvalue weighted by atomic mass is 32.2. The highest BCUT2D eigenvalue weighted by Crippen LogP contribution is 2.17. The van der Waals surface area contributed by atoms with Gasteiger partial charge >= 0.3 is 12.0 Å². The van der Waals surface area contributed by atoms with E-state index in [9.17, 15) is 18.0 Å². The Morgan fingerprint density at radius 1 is 1.20 bits per heavy atom. The largest absolute Gasteiger partial charge is 0.481 e. The predicted molar refractivity (Wildman–Crippen MR) is 69.2 cm³/mol. The number of ether oxygens (including phenoxy) is 1. The topological polar surface area (TPSA) is 104 Å². The summed E-state index contributed by atoms with van der Waals surface area (Å²) in [6.07, 6.45) is -0.352. The van der Waals surface area contributed by atoms with Crippen LogP contribution in [0, 0.1) is 0 Å². The standard InChI is InChI=1S/C11H18N2O6S/c14-10(15)7-9-8-20(17,18)6-3-13(9)11(16)12-1-4-19-5-2-12/h9H,1-8H2,(H,14,15). The van der Waals surface area contributed by atoms with Gasteiger partial charge in [0.2, 0.25) is 0 Å². The molecule has 1 N–H and O–H groups in total. The van der Waals surface area contributed by atoms with Crippen LogP contribution >= 0.6 is 0 Å². The number of carboxylic acid groups (broad SMARTS) is 1. The number of carboxylic acids is 1. The van der Waals surface area contributed by atoms with Gasteiger partial charge in [0.25, 0.3) is 0 Å². The average Bonchev–Trinajstić information content (AvgIpc) is 2.37. The van der Waals surface area contributed by atoms with Crippen molar-refractivity contribution in [1.29, 1.82) is 0 Å². The summed E-state index contributed by atoms with van der Waals surface area (Å²) in [6, 6.07) is -1.09. The highest BCUT2D eigenvalue weighted by molar-refractivity contribution is 7.91. The van der Waals surface area contributed by atoms with Gasteiger partial charge in [-0.1, -0.05) is 0 Å². The SMILES string of the molecule is O=C(O)CC1CS(=O)(=O)CCN1C(=O)N1CCOCC1. The fraction of sp³-hybridized carbons (Fsp3) is 0.818.